The van der Waals surface area contributed by atoms with Crippen LogP contribution in [0.2, 0.25) is 0 Å². The second kappa shape index (κ2) is 25.0. The summed E-state index contributed by atoms with van der Waals surface area (Å²) in [7, 11) is 11.5. The van der Waals surface area contributed by atoms with Crippen LogP contribution >= 0.6 is 18.2 Å². The van der Waals surface area contributed by atoms with E-state index >= 15 is 0 Å². The number of hydrogen-bond acceptors (Lipinski definition) is 18. The number of anilines is 3. The summed E-state index contributed by atoms with van der Waals surface area (Å²) in [4.78, 5) is 50.7. The van der Waals surface area contributed by atoms with Crippen LogP contribution in [-0.2, 0) is 21.9 Å². The fraction of sp³-hybridized carbons (Fsp3) is 0.500. The number of imidazole rings is 1. The van der Waals surface area contributed by atoms with Crippen LogP contribution in [0.15, 0.2) is 49.7 Å². The van der Waals surface area contributed by atoms with E-state index in [-0.39, 0.29) is 18.0 Å². The Bertz CT molecular complexity index is 2060. The van der Waals surface area contributed by atoms with Crippen LogP contribution in [0.5, 0.6) is 0 Å². The van der Waals surface area contributed by atoms with Crippen molar-refractivity contribution in [3.05, 3.63) is 66.4 Å². The van der Waals surface area contributed by atoms with Crippen molar-refractivity contribution >= 4 is 65.1 Å². The molecule has 0 bridgehead atoms. The first-order valence-corrected chi connectivity index (χ1v) is 21.4. The number of rotatable bonds is 14. The SMILES string of the molecule is CC(C)(C#N)c1cc(Cn2cncn2)cc(C(C)(C)C#N)c1.CN(C)c1nc(N(C)C)nc(N(C)C)n1.NCCCNCCSP(=O)(O)O.On1cnc2cncnc21.[As]. The van der Waals surface area contributed by atoms with Crippen LogP contribution < -0.4 is 25.8 Å². The summed E-state index contributed by atoms with van der Waals surface area (Å²) >= 11 is 0.665. The van der Waals surface area contributed by atoms with Gasteiger partial charge in [-0.3, -0.25) is 0 Å². The molecule has 1 aromatic carbocycles. The molecule has 5 rings (SSSR count). The summed E-state index contributed by atoms with van der Waals surface area (Å²) < 4.78 is 12.9. The minimum Gasteiger partial charge on any atom is -0.425 e. The third-order valence-electron chi connectivity index (χ3n) is 7.90. The first kappa shape index (κ1) is 53.1. The van der Waals surface area contributed by atoms with Gasteiger partial charge in [0.2, 0.25) is 17.8 Å². The second-order valence-corrected chi connectivity index (χ2v) is 18.3. The van der Waals surface area contributed by atoms with Crippen LogP contribution in [0.4, 0.5) is 17.8 Å². The molecule has 0 unspecified atom stereocenters. The van der Waals surface area contributed by atoms with E-state index in [0.29, 0.717) is 65.8 Å². The summed E-state index contributed by atoms with van der Waals surface area (Å²) in [6.07, 6.45) is 8.20. The fourth-order valence-electron chi connectivity index (χ4n) is 4.42. The standard InChI is InChI=1S/C17H19N5.C9H18N6.C5H4N4O.C5H15N2O3PS.As/c1-16(2,9-18)14-5-13(8-22-12-20-11-21-22)6-15(7-14)17(3,4)10-19;1-13(2)7-10-8(14(3)4)12-9(11-7)15(5)6;10-9-3-8-4-1-6-2-7-5(4)9;6-2-1-3-7-4-5-12-11(8,9)10;/h5-7,11-12H,8H2,1-4H3;1-6H3;1-3,10H;7H,1-6H2,(H2,8,9,10);. The molecular weight excluding hydrogens is 872 g/mol. The van der Waals surface area contributed by atoms with Gasteiger partial charge in [0.1, 0.15) is 30.8 Å². The molecule has 21 nitrogen and oxygen atoms in total. The molecule has 0 saturated carbocycles. The van der Waals surface area contributed by atoms with Gasteiger partial charge in [0.05, 0.1) is 35.7 Å². The van der Waals surface area contributed by atoms with Gasteiger partial charge in [-0.25, -0.2) is 29.2 Å². The van der Waals surface area contributed by atoms with E-state index in [9.17, 15) is 15.1 Å². The minimum absolute atomic E-state index is 0. The summed E-state index contributed by atoms with van der Waals surface area (Å²) in [5.74, 6) is 2.42. The van der Waals surface area contributed by atoms with Crippen LogP contribution in [0.3, 0.4) is 0 Å². The average Bonchev–Trinajstić information content (AvgIpc) is 3.85. The first-order valence-electron chi connectivity index (χ1n) is 18.1. The molecule has 3 radical (unpaired) electrons. The molecule has 0 atom stereocenters. The van der Waals surface area contributed by atoms with Gasteiger partial charge >= 0.3 is 6.80 Å². The van der Waals surface area contributed by atoms with Gasteiger partial charge in [-0.05, 0) is 75.3 Å². The molecule has 0 spiro atoms. The summed E-state index contributed by atoms with van der Waals surface area (Å²) in [5.41, 5.74) is 7.85. The van der Waals surface area contributed by atoms with Crippen molar-refractivity contribution in [3.63, 3.8) is 0 Å². The first-order chi connectivity index (χ1) is 27.6. The number of nitrogens with one attached hydrogen (secondary N) is 1. The van der Waals surface area contributed by atoms with E-state index in [1.807, 2.05) is 103 Å². The van der Waals surface area contributed by atoms with Gasteiger partial charge in [-0.1, -0.05) is 18.2 Å². The summed E-state index contributed by atoms with van der Waals surface area (Å²) in [5, 5.41) is 34.9. The second-order valence-electron chi connectivity index (χ2n) is 14.4. The molecule has 0 fully saturated rings. The normalized spacial score (nSPS) is 10.9. The van der Waals surface area contributed by atoms with E-state index in [4.69, 9.17) is 20.7 Å². The van der Waals surface area contributed by atoms with Crippen LogP contribution in [0, 0.1) is 22.7 Å². The fourth-order valence-corrected chi connectivity index (χ4v) is 5.88. The molecule has 5 aromatic rings. The Kier molecular flexibility index (Phi) is 22.1. The molecule has 0 aliphatic heterocycles. The van der Waals surface area contributed by atoms with Crippen LogP contribution in [0.25, 0.3) is 11.2 Å². The molecule has 4 aromatic heterocycles. The number of nitrogens with zero attached hydrogens (tertiary/aromatic N) is 15. The zero-order valence-electron chi connectivity index (χ0n) is 35.7. The summed E-state index contributed by atoms with van der Waals surface area (Å²) in [6.45, 7) is 6.26. The van der Waals surface area contributed by atoms with Crippen molar-refractivity contribution in [1.29, 1.82) is 10.5 Å². The van der Waals surface area contributed by atoms with Crippen LogP contribution in [-0.4, -0.2) is 150 Å². The molecule has 0 saturated heterocycles. The third-order valence-corrected chi connectivity index (χ3v) is 10.2. The minimum atomic E-state index is -3.87. The zero-order valence-corrected chi connectivity index (χ0v) is 39.3. The van der Waals surface area contributed by atoms with E-state index in [2.05, 4.69) is 57.4 Å². The number of hydrogen-bond donors (Lipinski definition) is 5. The molecular formula is C36H56AsN17O4PS. The maximum absolute atomic E-state index is 10.3. The zero-order chi connectivity index (χ0) is 44.4. The molecule has 24 heteroatoms. The van der Waals surface area contributed by atoms with Crippen molar-refractivity contribution in [2.24, 2.45) is 5.73 Å². The average molecular weight is 929 g/mol. The van der Waals surface area contributed by atoms with Gasteiger partial charge in [0, 0.05) is 72.5 Å². The van der Waals surface area contributed by atoms with E-state index in [0.717, 1.165) is 34.4 Å². The van der Waals surface area contributed by atoms with Gasteiger partial charge in [0.25, 0.3) is 0 Å². The number of nitrogens with two attached hydrogens (primary N) is 1. The monoisotopic (exact) mass is 928 g/mol. The molecule has 6 N–H and O–H groups in total. The molecule has 0 aliphatic carbocycles. The molecule has 60 heavy (non-hydrogen) atoms. The molecule has 325 valence electrons. The Morgan fingerprint density at radius 1 is 0.833 bits per heavy atom. The predicted octanol–water partition coefficient (Wildman–Crippen LogP) is 2.43. The van der Waals surface area contributed by atoms with Gasteiger partial charge < -0.3 is 40.7 Å². The molecule has 4 heterocycles. The third kappa shape index (κ3) is 18.1. The topological polar surface area (TPSA) is 286 Å². The predicted molar refractivity (Wildman–Crippen MR) is 235 cm³/mol. The van der Waals surface area contributed by atoms with Crippen molar-refractivity contribution in [1.82, 2.24) is 54.7 Å². The Morgan fingerprint density at radius 3 is 1.78 bits per heavy atom. The quantitative estimate of drug-likeness (QED) is 0.0463. The smallest absolute Gasteiger partial charge is 0.384 e. The number of aromatic nitrogens is 10. The van der Waals surface area contributed by atoms with Gasteiger partial charge in [0.15, 0.2) is 5.65 Å². The van der Waals surface area contributed by atoms with E-state index in [1.165, 1.54) is 25.2 Å². The van der Waals surface area contributed by atoms with Gasteiger partial charge in [-0.2, -0.15) is 35.3 Å². The van der Waals surface area contributed by atoms with Crippen molar-refractivity contribution in [3.8, 4) is 12.1 Å². The van der Waals surface area contributed by atoms with Crippen molar-refractivity contribution in [2.45, 2.75) is 51.5 Å². The molecule has 0 amide bonds. The Labute approximate surface area is 366 Å². The number of fused-ring (bicyclic) bond motifs is 1. The summed E-state index contributed by atoms with van der Waals surface area (Å²) in [6, 6.07) is 10.6. The Morgan fingerprint density at radius 2 is 1.37 bits per heavy atom. The van der Waals surface area contributed by atoms with E-state index < -0.39 is 17.6 Å². The number of benzene rings is 1. The van der Waals surface area contributed by atoms with Crippen LogP contribution in [0.1, 0.15) is 50.8 Å². The maximum Gasteiger partial charge on any atom is 0.384 e. The van der Waals surface area contributed by atoms with Crippen molar-refractivity contribution in [2.75, 3.05) is 82.4 Å². The number of nitriles is 2. The molecule has 0 aliphatic rings. The Hall–Kier alpha value is -4.92. The maximum atomic E-state index is 10.3. The Balaban J connectivity index is 0.000000416. The van der Waals surface area contributed by atoms with E-state index in [1.54, 1.807) is 11.0 Å². The largest absolute Gasteiger partial charge is 0.425 e. The van der Waals surface area contributed by atoms with Gasteiger partial charge in [-0.15, -0.1) is 0 Å². The van der Waals surface area contributed by atoms with Crippen molar-refractivity contribution < 1.29 is 19.6 Å².